The lowest BCUT2D eigenvalue weighted by Crippen LogP contribution is -2.50. The van der Waals surface area contributed by atoms with Gasteiger partial charge in [-0.2, -0.15) is 5.26 Å². The number of nitriles is 1. The summed E-state index contributed by atoms with van der Waals surface area (Å²) in [6.07, 6.45) is -0.654. The Morgan fingerprint density at radius 3 is 2.62 bits per heavy atom. The number of anilines is 1. The number of nitrogens with two attached hydrogens (primary N) is 4. The van der Waals surface area contributed by atoms with Gasteiger partial charge in [-0.3, -0.25) is 14.9 Å². The van der Waals surface area contributed by atoms with E-state index in [1.807, 2.05) is 6.07 Å². The van der Waals surface area contributed by atoms with Gasteiger partial charge in [-0.05, 0) is 43.7 Å². The van der Waals surface area contributed by atoms with Gasteiger partial charge in [-0.25, -0.2) is 20.8 Å². The highest BCUT2D eigenvalue weighted by atomic mass is 16.6. The van der Waals surface area contributed by atoms with Gasteiger partial charge in [-0.15, -0.1) is 0 Å². The van der Waals surface area contributed by atoms with E-state index in [0.29, 0.717) is 30.8 Å². The predicted octanol–water partition coefficient (Wildman–Crippen LogP) is 1.18. The molecule has 0 radical (unpaired) electrons. The zero-order valence-electron chi connectivity index (χ0n) is 23.0. The number of rotatable bonds is 13. The number of nitrogens with zero attached hydrogens (tertiary/aromatic N) is 6. The fraction of sp³-hybridized carbons (Fsp3) is 0.308. The second kappa shape index (κ2) is 13.8. The molecular weight excluding hydrogens is 548 g/mol. The summed E-state index contributed by atoms with van der Waals surface area (Å²) in [7, 11) is 3.41. The fourth-order valence-electron chi connectivity index (χ4n) is 4.09. The zero-order valence-corrected chi connectivity index (χ0v) is 23.0. The number of guanidine groups is 1. The van der Waals surface area contributed by atoms with Crippen LogP contribution in [0.25, 0.3) is 0 Å². The standard InChI is InChI=1S/C26H32N10O6/c1-34(2)19-10-9-15(14-28)12-20(19)42-23-22(36(39)40)21(18(24(37)38)8-3-4-11-27)33-26(35(23)31)41-17-7-5-6-16(13-17)32-25(29)30/h5-7,9-10,12-13,18,26H,3-4,8,11,27,31H2,1-2H3,(H,37,38)(H4,29,30,32). The van der Waals surface area contributed by atoms with Gasteiger partial charge in [0.2, 0.25) is 0 Å². The van der Waals surface area contributed by atoms with Crippen molar-refractivity contribution in [1.82, 2.24) is 5.01 Å². The van der Waals surface area contributed by atoms with Crippen LogP contribution in [-0.4, -0.2) is 59.7 Å². The van der Waals surface area contributed by atoms with Gasteiger partial charge in [0.25, 0.3) is 12.2 Å². The van der Waals surface area contributed by atoms with Crippen LogP contribution in [0.5, 0.6) is 11.5 Å². The van der Waals surface area contributed by atoms with Crippen LogP contribution in [-0.2, 0) is 4.79 Å². The number of hydrogen-bond acceptors (Lipinski definition) is 12. The Hall–Kier alpha value is -5.40. The molecule has 0 saturated heterocycles. The summed E-state index contributed by atoms with van der Waals surface area (Å²) < 4.78 is 12.0. The summed E-state index contributed by atoms with van der Waals surface area (Å²) in [6, 6.07) is 12.7. The topological polar surface area (TPSA) is 258 Å². The van der Waals surface area contributed by atoms with Crippen LogP contribution in [0.4, 0.5) is 11.4 Å². The highest BCUT2D eigenvalue weighted by Gasteiger charge is 2.44. The number of carboxylic acids is 1. The van der Waals surface area contributed by atoms with Crippen molar-refractivity contribution in [1.29, 1.82) is 5.26 Å². The summed E-state index contributed by atoms with van der Waals surface area (Å²) in [6.45, 7) is 0.308. The van der Waals surface area contributed by atoms with Crippen molar-refractivity contribution in [2.45, 2.75) is 25.6 Å². The lowest BCUT2D eigenvalue weighted by atomic mass is 9.93. The van der Waals surface area contributed by atoms with Crippen molar-refractivity contribution in [3.05, 3.63) is 69.7 Å². The van der Waals surface area contributed by atoms with E-state index in [0.717, 1.165) is 5.01 Å². The highest BCUT2D eigenvalue weighted by molar-refractivity contribution is 6.10. The normalized spacial score (nSPS) is 15.3. The van der Waals surface area contributed by atoms with Crippen molar-refractivity contribution in [3.63, 3.8) is 0 Å². The van der Waals surface area contributed by atoms with Gasteiger partial charge in [0, 0.05) is 26.2 Å². The van der Waals surface area contributed by atoms with Crippen molar-refractivity contribution < 1.29 is 24.3 Å². The van der Waals surface area contributed by atoms with Crippen molar-refractivity contribution >= 4 is 29.0 Å². The summed E-state index contributed by atoms with van der Waals surface area (Å²) in [5.74, 6) is 3.05. The fourth-order valence-corrected chi connectivity index (χ4v) is 4.09. The molecule has 3 rings (SSSR count). The maximum absolute atomic E-state index is 12.5. The summed E-state index contributed by atoms with van der Waals surface area (Å²) >= 11 is 0. The Labute approximate surface area is 241 Å². The monoisotopic (exact) mass is 580 g/mol. The lowest BCUT2D eigenvalue weighted by Gasteiger charge is -2.32. The highest BCUT2D eigenvalue weighted by Crippen LogP contribution is 2.34. The minimum atomic E-state index is -1.51. The Kier molecular flexibility index (Phi) is 10.2. The molecule has 42 heavy (non-hydrogen) atoms. The molecule has 1 heterocycles. The van der Waals surface area contributed by atoms with Crippen LogP contribution in [0, 0.1) is 27.4 Å². The molecule has 2 aromatic carbocycles. The zero-order chi connectivity index (χ0) is 31.0. The van der Waals surface area contributed by atoms with E-state index in [-0.39, 0.29) is 29.4 Å². The molecular formula is C26H32N10O6. The molecule has 0 bridgehead atoms. The van der Waals surface area contributed by atoms with Crippen molar-refractivity contribution in [2.24, 2.45) is 38.9 Å². The second-order valence-electron chi connectivity index (χ2n) is 9.28. The Bertz CT molecular complexity index is 1460. The van der Waals surface area contributed by atoms with E-state index in [1.165, 1.54) is 12.1 Å². The first-order valence-electron chi connectivity index (χ1n) is 12.7. The Morgan fingerprint density at radius 1 is 1.29 bits per heavy atom. The molecule has 0 amide bonds. The van der Waals surface area contributed by atoms with Gasteiger partial charge in [0.15, 0.2) is 11.7 Å². The maximum Gasteiger partial charge on any atom is 0.352 e. The van der Waals surface area contributed by atoms with Crippen LogP contribution in [0.2, 0.25) is 0 Å². The Balaban J connectivity index is 2.20. The first-order valence-corrected chi connectivity index (χ1v) is 12.7. The van der Waals surface area contributed by atoms with Crippen LogP contribution in [0.1, 0.15) is 24.8 Å². The number of aliphatic imine (C=N–C) groups is 2. The number of unbranched alkanes of at least 4 members (excludes halogenated alkanes) is 1. The average Bonchev–Trinajstić information content (AvgIpc) is 2.92. The summed E-state index contributed by atoms with van der Waals surface area (Å²) in [5, 5.41) is 32.8. The third-order valence-electron chi connectivity index (χ3n) is 6.02. The summed E-state index contributed by atoms with van der Waals surface area (Å²) in [4.78, 5) is 34.0. The van der Waals surface area contributed by atoms with Crippen molar-refractivity contribution in [3.8, 4) is 17.6 Å². The van der Waals surface area contributed by atoms with E-state index < -0.39 is 40.5 Å². The predicted molar refractivity (Wildman–Crippen MR) is 154 cm³/mol. The molecule has 0 fully saturated rings. The van der Waals surface area contributed by atoms with Crippen LogP contribution >= 0.6 is 0 Å². The van der Waals surface area contributed by atoms with Gasteiger partial charge >= 0.3 is 11.7 Å². The minimum absolute atomic E-state index is 0.000119. The summed E-state index contributed by atoms with van der Waals surface area (Å²) in [5.41, 5.74) is 16.3. The van der Waals surface area contributed by atoms with Crippen LogP contribution in [0.3, 0.4) is 0 Å². The molecule has 16 nitrogen and oxygen atoms in total. The molecule has 222 valence electrons. The molecule has 16 heteroatoms. The van der Waals surface area contributed by atoms with E-state index in [1.54, 1.807) is 49.3 Å². The third-order valence-corrected chi connectivity index (χ3v) is 6.02. The van der Waals surface area contributed by atoms with Crippen molar-refractivity contribution in [2.75, 3.05) is 25.5 Å². The van der Waals surface area contributed by atoms with Gasteiger partial charge in [0.1, 0.15) is 17.4 Å². The first-order chi connectivity index (χ1) is 20.0. The number of aliphatic carboxylic acids is 1. The largest absolute Gasteiger partial charge is 0.481 e. The second-order valence-corrected chi connectivity index (χ2v) is 9.28. The lowest BCUT2D eigenvalue weighted by molar-refractivity contribution is -0.420. The minimum Gasteiger partial charge on any atom is -0.481 e. The number of hydrogen-bond donors (Lipinski definition) is 5. The number of nitro groups is 1. The quantitative estimate of drug-likeness (QED) is 0.0557. The Morgan fingerprint density at radius 2 is 2.02 bits per heavy atom. The molecule has 1 aliphatic rings. The van der Waals surface area contributed by atoms with Gasteiger partial charge < -0.3 is 36.7 Å². The molecule has 1 aliphatic heterocycles. The molecule has 0 aromatic heterocycles. The first kappa shape index (κ1) is 31.1. The number of carbonyl (C=O) groups is 1. The maximum atomic E-state index is 12.5. The van der Waals surface area contributed by atoms with Crippen LogP contribution < -0.4 is 37.4 Å². The van der Waals surface area contributed by atoms with Gasteiger partial charge in [-0.1, -0.05) is 12.5 Å². The number of hydrazine groups is 1. The van der Waals surface area contributed by atoms with E-state index in [4.69, 9.17) is 32.5 Å². The number of ether oxygens (including phenoxy) is 2. The SMILES string of the molecule is CN(C)c1ccc(C#N)cc1OC1=C([N+](=O)[O-])C(C(CCCCN)C(=O)O)=NC(Oc2cccc(N=C(N)N)c2)N1N. The van der Waals surface area contributed by atoms with E-state index in [9.17, 15) is 25.3 Å². The van der Waals surface area contributed by atoms with E-state index >= 15 is 0 Å². The molecule has 9 N–H and O–H groups in total. The number of carboxylic acid groups (broad SMARTS) is 1. The smallest absolute Gasteiger partial charge is 0.352 e. The molecule has 2 unspecified atom stereocenters. The third kappa shape index (κ3) is 7.41. The van der Waals surface area contributed by atoms with Gasteiger partial charge in [0.05, 0.1) is 27.9 Å². The molecule has 0 aliphatic carbocycles. The average molecular weight is 581 g/mol. The molecule has 2 atom stereocenters. The number of allylic oxidation sites excluding steroid dienone is 1. The number of benzene rings is 2. The molecule has 0 spiro atoms. The van der Waals surface area contributed by atoms with Crippen LogP contribution in [0.15, 0.2) is 64.0 Å². The molecule has 0 saturated carbocycles. The van der Waals surface area contributed by atoms with E-state index in [2.05, 4.69) is 9.98 Å². The molecule has 2 aromatic rings.